The van der Waals surface area contributed by atoms with Gasteiger partial charge in [0, 0.05) is 0 Å². The number of unbranched alkanes of at least 4 members (excludes halogenated alkanes) is 1. The van der Waals surface area contributed by atoms with E-state index in [-0.39, 0.29) is 0 Å². The van der Waals surface area contributed by atoms with Gasteiger partial charge in [-0.05, 0) is 37.0 Å². The van der Waals surface area contributed by atoms with E-state index in [2.05, 4.69) is 19.1 Å². The third kappa shape index (κ3) is 4.48. The van der Waals surface area contributed by atoms with Gasteiger partial charge in [0.2, 0.25) is 0 Å². The number of hydrogen-bond acceptors (Lipinski definition) is 0. The van der Waals surface area contributed by atoms with Crippen LogP contribution in [-0.2, 0) is 0 Å². The fourth-order valence-corrected chi connectivity index (χ4v) is 3.69. The van der Waals surface area contributed by atoms with E-state index in [1.54, 1.807) is 0 Å². The van der Waals surface area contributed by atoms with Crippen molar-refractivity contribution in [1.29, 1.82) is 0 Å². The van der Waals surface area contributed by atoms with E-state index in [4.69, 9.17) is 0 Å². The van der Waals surface area contributed by atoms with Crippen molar-refractivity contribution < 1.29 is 0 Å². The Hall–Kier alpha value is -0.260. The zero-order valence-corrected chi connectivity index (χ0v) is 11.7. The van der Waals surface area contributed by atoms with Crippen LogP contribution in [0.3, 0.4) is 0 Å². The highest BCUT2D eigenvalue weighted by molar-refractivity contribution is 5.06. The van der Waals surface area contributed by atoms with Crippen LogP contribution in [0, 0.1) is 17.8 Å². The van der Waals surface area contributed by atoms with Crippen molar-refractivity contribution in [3.8, 4) is 0 Å². The fourth-order valence-electron chi connectivity index (χ4n) is 3.69. The van der Waals surface area contributed by atoms with E-state index in [0.29, 0.717) is 0 Å². The van der Waals surface area contributed by atoms with Gasteiger partial charge in [0.25, 0.3) is 0 Å². The number of hydrogen-bond donors (Lipinski definition) is 0. The molecule has 3 rings (SSSR count). The molecule has 0 N–H and O–H groups in total. The summed E-state index contributed by atoms with van der Waals surface area (Å²) < 4.78 is 0. The molecular formula is C17H30. The minimum absolute atomic E-state index is 0.991. The van der Waals surface area contributed by atoms with Gasteiger partial charge in [-0.3, -0.25) is 0 Å². The number of fused-ring (bicyclic) bond motifs is 2. The second-order valence-electron chi connectivity index (χ2n) is 6.36. The van der Waals surface area contributed by atoms with Crippen LogP contribution < -0.4 is 0 Å². The minimum atomic E-state index is 0.991. The van der Waals surface area contributed by atoms with Crippen molar-refractivity contribution in [2.24, 2.45) is 17.8 Å². The number of rotatable bonds is 3. The molecule has 17 heavy (non-hydrogen) atoms. The zero-order valence-electron chi connectivity index (χ0n) is 11.7. The van der Waals surface area contributed by atoms with E-state index < -0.39 is 0 Å². The van der Waals surface area contributed by atoms with Crippen molar-refractivity contribution in [2.75, 3.05) is 0 Å². The summed E-state index contributed by atoms with van der Waals surface area (Å²) in [6.45, 7) is 2.29. The molecule has 0 heterocycles. The lowest BCUT2D eigenvalue weighted by molar-refractivity contribution is 0.331. The average molecular weight is 234 g/mol. The van der Waals surface area contributed by atoms with Gasteiger partial charge < -0.3 is 0 Å². The fraction of sp³-hybridized carbons (Fsp3) is 0.882. The van der Waals surface area contributed by atoms with Crippen LogP contribution in [0.25, 0.3) is 0 Å². The molecule has 0 spiro atoms. The molecular weight excluding hydrogens is 204 g/mol. The first kappa shape index (κ1) is 13.2. The number of allylic oxidation sites excluding steroid dienone is 2. The molecule has 0 aromatic heterocycles. The largest absolute Gasteiger partial charge is 0.0851 e. The molecule has 0 aliphatic heterocycles. The first-order chi connectivity index (χ1) is 8.38. The second-order valence-corrected chi connectivity index (χ2v) is 6.36. The van der Waals surface area contributed by atoms with Crippen LogP contribution >= 0.6 is 0 Å². The van der Waals surface area contributed by atoms with Crippen molar-refractivity contribution in [1.82, 2.24) is 0 Å². The van der Waals surface area contributed by atoms with Gasteiger partial charge in [0.1, 0.15) is 0 Å². The van der Waals surface area contributed by atoms with E-state index >= 15 is 0 Å². The standard InChI is InChI=1S/C10H20.C7H10/c1-2-3-7-10-8-5-4-6-9-10;1-2-7-4-3-6(1)5-7/h10H,2-9H2,1H3;1-2,6-7H,3-5H2. The van der Waals surface area contributed by atoms with Crippen molar-refractivity contribution >= 4 is 0 Å². The van der Waals surface area contributed by atoms with Crippen LogP contribution in [0.15, 0.2) is 12.2 Å². The molecule has 2 atom stereocenters. The Bertz CT molecular complexity index is 210. The molecule has 0 saturated heterocycles. The molecule has 0 aromatic rings. The minimum Gasteiger partial charge on any atom is -0.0851 e. The SMILES string of the molecule is C1=CC2CCC1C2.CCCCC1CCCCC1. The lowest BCUT2D eigenvalue weighted by atomic mass is 9.86. The topological polar surface area (TPSA) is 0 Å². The highest BCUT2D eigenvalue weighted by Gasteiger charge is 2.25. The van der Waals surface area contributed by atoms with E-state index in [1.165, 1.54) is 70.6 Å². The highest BCUT2D eigenvalue weighted by atomic mass is 14.3. The second kappa shape index (κ2) is 7.24. The maximum Gasteiger partial charge on any atom is -0.0228 e. The normalized spacial score (nSPS) is 31.4. The summed E-state index contributed by atoms with van der Waals surface area (Å²) in [5.74, 6) is 3.09. The van der Waals surface area contributed by atoms with Gasteiger partial charge in [-0.1, -0.05) is 70.4 Å². The van der Waals surface area contributed by atoms with Gasteiger partial charge in [0.15, 0.2) is 0 Å². The maximum atomic E-state index is 2.38. The summed E-state index contributed by atoms with van der Waals surface area (Å²) in [5, 5.41) is 0. The summed E-state index contributed by atoms with van der Waals surface area (Å²) in [7, 11) is 0. The Morgan fingerprint density at radius 1 is 0.882 bits per heavy atom. The Morgan fingerprint density at radius 3 is 1.94 bits per heavy atom. The average Bonchev–Trinajstić information content (AvgIpc) is 3.03. The first-order valence-corrected chi connectivity index (χ1v) is 8.06. The van der Waals surface area contributed by atoms with E-state index in [1.807, 2.05) is 0 Å². The predicted octanol–water partition coefficient (Wildman–Crippen LogP) is 5.73. The van der Waals surface area contributed by atoms with Crippen LogP contribution in [0.1, 0.15) is 77.6 Å². The molecule has 2 fully saturated rings. The highest BCUT2D eigenvalue weighted by Crippen LogP contribution is 2.38. The molecule has 0 aromatic carbocycles. The first-order valence-electron chi connectivity index (χ1n) is 8.06. The smallest absolute Gasteiger partial charge is 0.0228 e. The molecule has 0 nitrogen and oxygen atoms in total. The van der Waals surface area contributed by atoms with Gasteiger partial charge >= 0.3 is 0 Å². The molecule has 3 aliphatic rings. The Balaban J connectivity index is 0.000000134. The summed E-state index contributed by atoms with van der Waals surface area (Å²) in [6.07, 6.45) is 21.1. The van der Waals surface area contributed by atoms with Gasteiger partial charge in [-0.15, -0.1) is 0 Å². The van der Waals surface area contributed by atoms with Crippen LogP contribution in [0.2, 0.25) is 0 Å². The van der Waals surface area contributed by atoms with Gasteiger partial charge in [0.05, 0.1) is 0 Å². The zero-order chi connectivity index (χ0) is 11.9. The van der Waals surface area contributed by atoms with Crippen LogP contribution in [0.5, 0.6) is 0 Å². The van der Waals surface area contributed by atoms with Gasteiger partial charge in [-0.25, -0.2) is 0 Å². The summed E-state index contributed by atoms with van der Waals surface area (Å²) >= 11 is 0. The molecule has 98 valence electrons. The summed E-state index contributed by atoms with van der Waals surface area (Å²) in [6, 6.07) is 0. The lowest BCUT2D eigenvalue weighted by Gasteiger charge is -2.20. The third-order valence-corrected chi connectivity index (χ3v) is 4.86. The van der Waals surface area contributed by atoms with Crippen molar-refractivity contribution in [3.63, 3.8) is 0 Å². The van der Waals surface area contributed by atoms with E-state index in [9.17, 15) is 0 Å². The third-order valence-electron chi connectivity index (χ3n) is 4.86. The van der Waals surface area contributed by atoms with Crippen LogP contribution in [0.4, 0.5) is 0 Å². The van der Waals surface area contributed by atoms with Crippen LogP contribution in [-0.4, -0.2) is 0 Å². The lowest BCUT2D eigenvalue weighted by Crippen LogP contribution is -2.05. The monoisotopic (exact) mass is 234 g/mol. The van der Waals surface area contributed by atoms with Crippen molar-refractivity contribution in [3.05, 3.63) is 12.2 Å². The van der Waals surface area contributed by atoms with Crippen molar-refractivity contribution in [2.45, 2.75) is 77.6 Å². The summed E-state index contributed by atoms with van der Waals surface area (Å²) in [5.41, 5.74) is 0. The van der Waals surface area contributed by atoms with Gasteiger partial charge in [-0.2, -0.15) is 0 Å². The Labute approximate surface area is 108 Å². The van der Waals surface area contributed by atoms with E-state index in [0.717, 1.165) is 17.8 Å². The quantitative estimate of drug-likeness (QED) is 0.547. The molecule has 0 amide bonds. The molecule has 2 saturated carbocycles. The molecule has 2 bridgehead atoms. The maximum absolute atomic E-state index is 2.38. The molecule has 0 radical (unpaired) electrons. The summed E-state index contributed by atoms with van der Waals surface area (Å²) in [4.78, 5) is 0. The predicted molar refractivity (Wildman–Crippen MR) is 76.1 cm³/mol. The molecule has 2 unspecified atom stereocenters. The molecule has 3 aliphatic carbocycles. The Morgan fingerprint density at radius 2 is 1.53 bits per heavy atom. The Kier molecular flexibility index (Phi) is 5.61. The molecule has 0 heteroatoms.